The maximum absolute atomic E-state index is 12.8. The highest BCUT2D eigenvalue weighted by Gasteiger charge is 2.34. The van der Waals surface area contributed by atoms with Gasteiger partial charge in [-0.2, -0.15) is 5.10 Å². The molecule has 1 aliphatic heterocycles. The second kappa shape index (κ2) is 8.78. The van der Waals surface area contributed by atoms with Gasteiger partial charge in [0.05, 0.1) is 48.2 Å². The summed E-state index contributed by atoms with van der Waals surface area (Å²) in [6.45, 7) is 7.94. The number of amides is 2. The summed E-state index contributed by atoms with van der Waals surface area (Å²) in [4.78, 5) is 36.8. The Labute approximate surface area is 186 Å². The van der Waals surface area contributed by atoms with Crippen LogP contribution in [0.15, 0.2) is 49.2 Å². The molecule has 0 bridgehead atoms. The van der Waals surface area contributed by atoms with E-state index in [4.69, 9.17) is 4.74 Å². The highest BCUT2D eigenvalue weighted by atomic mass is 16.6. The Kier molecular flexibility index (Phi) is 5.89. The lowest BCUT2D eigenvalue weighted by atomic mass is 10.0. The Bertz CT molecular complexity index is 1130. The Morgan fingerprint density at radius 2 is 1.97 bits per heavy atom. The van der Waals surface area contributed by atoms with Crippen molar-refractivity contribution in [3.05, 3.63) is 54.9 Å². The van der Waals surface area contributed by atoms with E-state index in [-0.39, 0.29) is 18.1 Å². The van der Waals surface area contributed by atoms with Crippen molar-refractivity contribution in [3.8, 4) is 11.1 Å². The number of aromatic nitrogens is 4. The molecule has 166 valence electrons. The minimum Gasteiger partial charge on any atom is -0.446 e. The minimum atomic E-state index is -0.424. The first-order valence-electron chi connectivity index (χ1n) is 10.5. The molecule has 1 aliphatic rings. The van der Waals surface area contributed by atoms with E-state index in [0.29, 0.717) is 24.5 Å². The van der Waals surface area contributed by atoms with Gasteiger partial charge in [-0.1, -0.05) is 6.07 Å². The molecule has 0 N–H and O–H groups in total. The van der Waals surface area contributed by atoms with Crippen LogP contribution in [0.2, 0.25) is 0 Å². The number of fused-ring (bicyclic) bond motifs is 1. The zero-order chi connectivity index (χ0) is 22.8. The third kappa shape index (κ3) is 4.32. The lowest BCUT2D eigenvalue weighted by Gasteiger charge is -2.40. The molecule has 0 saturated heterocycles. The van der Waals surface area contributed by atoms with Crippen molar-refractivity contribution in [2.75, 3.05) is 16.3 Å². The Morgan fingerprint density at radius 1 is 1.16 bits per heavy atom. The number of benzene rings is 1. The quantitative estimate of drug-likeness (QED) is 0.624. The van der Waals surface area contributed by atoms with Crippen molar-refractivity contribution in [3.63, 3.8) is 0 Å². The molecule has 0 radical (unpaired) electrons. The summed E-state index contributed by atoms with van der Waals surface area (Å²) in [5.74, 6) is -0.0693. The van der Waals surface area contributed by atoms with Crippen LogP contribution in [0.25, 0.3) is 11.1 Å². The van der Waals surface area contributed by atoms with E-state index in [1.54, 1.807) is 39.3 Å². The van der Waals surface area contributed by atoms with Crippen molar-refractivity contribution in [1.82, 2.24) is 19.7 Å². The van der Waals surface area contributed by atoms with Crippen LogP contribution < -0.4 is 9.80 Å². The Hall–Kier alpha value is -3.75. The average molecular weight is 435 g/mol. The third-order valence-electron chi connectivity index (χ3n) is 5.22. The average Bonchev–Trinajstić information content (AvgIpc) is 3.21. The zero-order valence-corrected chi connectivity index (χ0v) is 18.6. The largest absolute Gasteiger partial charge is 0.446 e. The normalized spacial score (nSPS) is 15.6. The van der Waals surface area contributed by atoms with Crippen LogP contribution in [0.4, 0.5) is 16.2 Å². The van der Waals surface area contributed by atoms with Gasteiger partial charge in [0.2, 0.25) is 5.91 Å². The molecule has 3 heterocycles. The maximum atomic E-state index is 12.8. The molecule has 1 unspecified atom stereocenters. The van der Waals surface area contributed by atoms with Gasteiger partial charge >= 0.3 is 6.09 Å². The summed E-state index contributed by atoms with van der Waals surface area (Å²) in [7, 11) is 0. The standard InChI is InChI=1S/C23H26N6O3/c1-15(2)32-23(31)28-12-16(3)29(17(4)30)21-6-5-18(9-22(21)28)19-10-26-27(13-19)14-20-11-24-7-8-25-20/h5-11,13,15-16H,12,14H2,1-4H3. The Morgan fingerprint density at radius 3 is 2.66 bits per heavy atom. The molecule has 2 amide bonds. The van der Waals surface area contributed by atoms with Gasteiger partial charge in [0.15, 0.2) is 0 Å². The van der Waals surface area contributed by atoms with Crippen LogP contribution in [-0.4, -0.2) is 50.4 Å². The fraction of sp³-hybridized carbons (Fsp3) is 0.348. The van der Waals surface area contributed by atoms with E-state index in [9.17, 15) is 9.59 Å². The number of nitrogens with zero attached hydrogens (tertiary/aromatic N) is 6. The first kappa shape index (κ1) is 21.5. The summed E-state index contributed by atoms with van der Waals surface area (Å²) in [6, 6.07) is 5.54. The van der Waals surface area contributed by atoms with Crippen LogP contribution in [0.1, 0.15) is 33.4 Å². The molecular formula is C23H26N6O3. The number of carbonyl (C=O) groups excluding carboxylic acids is 2. The van der Waals surface area contributed by atoms with Crippen LogP contribution in [0, 0.1) is 0 Å². The molecule has 1 aromatic carbocycles. The van der Waals surface area contributed by atoms with Crippen LogP contribution in [0.3, 0.4) is 0 Å². The molecule has 9 heteroatoms. The van der Waals surface area contributed by atoms with E-state index in [1.807, 2.05) is 45.2 Å². The summed E-state index contributed by atoms with van der Waals surface area (Å²) in [5, 5.41) is 4.43. The molecule has 0 saturated carbocycles. The second-order valence-electron chi connectivity index (χ2n) is 8.11. The van der Waals surface area contributed by atoms with Gasteiger partial charge in [0, 0.05) is 37.6 Å². The van der Waals surface area contributed by atoms with Crippen LogP contribution in [-0.2, 0) is 16.1 Å². The molecule has 0 fully saturated rings. The van der Waals surface area contributed by atoms with Gasteiger partial charge < -0.3 is 9.64 Å². The minimum absolute atomic E-state index is 0.0693. The topological polar surface area (TPSA) is 93.5 Å². The summed E-state index contributed by atoms with van der Waals surface area (Å²) < 4.78 is 7.25. The van der Waals surface area contributed by atoms with Crippen molar-refractivity contribution >= 4 is 23.4 Å². The fourth-order valence-electron chi connectivity index (χ4n) is 3.90. The number of hydrogen-bond acceptors (Lipinski definition) is 6. The molecule has 1 atom stereocenters. The molecular weight excluding hydrogens is 408 g/mol. The van der Waals surface area contributed by atoms with Crippen LogP contribution in [0.5, 0.6) is 0 Å². The smallest absolute Gasteiger partial charge is 0.414 e. The van der Waals surface area contributed by atoms with Gasteiger partial charge in [-0.25, -0.2) is 4.79 Å². The van der Waals surface area contributed by atoms with E-state index < -0.39 is 6.09 Å². The van der Waals surface area contributed by atoms with Crippen molar-refractivity contribution in [2.45, 2.75) is 46.4 Å². The highest BCUT2D eigenvalue weighted by molar-refractivity contribution is 6.03. The molecule has 32 heavy (non-hydrogen) atoms. The monoisotopic (exact) mass is 434 g/mol. The number of ether oxygens (including phenoxy) is 1. The van der Waals surface area contributed by atoms with E-state index >= 15 is 0 Å². The molecule has 2 aromatic heterocycles. The summed E-state index contributed by atoms with van der Waals surface area (Å²) in [6.07, 6.45) is 8.00. The number of carbonyl (C=O) groups is 2. The van der Waals surface area contributed by atoms with E-state index in [0.717, 1.165) is 16.8 Å². The van der Waals surface area contributed by atoms with Crippen LogP contribution >= 0.6 is 0 Å². The van der Waals surface area contributed by atoms with Crippen molar-refractivity contribution < 1.29 is 14.3 Å². The number of rotatable bonds is 4. The zero-order valence-electron chi connectivity index (χ0n) is 18.6. The van der Waals surface area contributed by atoms with E-state index in [2.05, 4.69) is 15.1 Å². The number of hydrogen-bond donors (Lipinski definition) is 0. The molecule has 0 spiro atoms. The number of anilines is 2. The van der Waals surface area contributed by atoms with Crippen molar-refractivity contribution in [2.24, 2.45) is 0 Å². The van der Waals surface area contributed by atoms with Gasteiger partial charge in [0.1, 0.15) is 0 Å². The molecule has 4 rings (SSSR count). The molecule has 0 aliphatic carbocycles. The molecule has 9 nitrogen and oxygen atoms in total. The van der Waals surface area contributed by atoms with Gasteiger partial charge in [-0.15, -0.1) is 0 Å². The fourth-order valence-corrected chi connectivity index (χ4v) is 3.90. The molecule has 3 aromatic rings. The second-order valence-corrected chi connectivity index (χ2v) is 8.11. The van der Waals surface area contributed by atoms with E-state index in [1.165, 1.54) is 6.92 Å². The van der Waals surface area contributed by atoms with Gasteiger partial charge in [-0.3, -0.25) is 24.3 Å². The first-order valence-corrected chi connectivity index (χ1v) is 10.5. The lowest BCUT2D eigenvalue weighted by Crippen LogP contribution is -2.51. The highest BCUT2D eigenvalue weighted by Crippen LogP contribution is 2.39. The van der Waals surface area contributed by atoms with Crippen molar-refractivity contribution in [1.29, 1.82) is 0 Å². The maximum Gasteiger partial charge on any atom is 0.414 e. The summed E-state index contributed by atoms with van der Waals surface area (Å²) in [5.41, 5.74) is 3.91. The predicted molar refractivity (Wildman–Crippen MR) is 120 cm³/mol. The SMILES string of the molecule is CC(=O)N1c2ccc(-c3cnn(Cc4cnccn4)c3)cc2N(C(=O)OC(C)C)CC1C. The third-order valence-corrected chi connectivity index (χ3v) is 5.22. The predicted octanol–water partition coefficient (Wildman–Crippen LogP) is 3.49. The lowest BCUT2D eigenvalue weighted by molar-refractivity contribution is -0.117. The first-order chi connectivity index (χ1) is 15.3. The summed E-state index contributed by atoms with van der Waals surface area (Å²) >= 11 is 0. The van der Waals surface area contributed by atoms with Gasteiger partial charge in [-0.05, 0) is 38.5 Å². The van der Waals surface area contributed by atoms with Gasteiger partial charge in [0.25, 0.3) is 0 Å². The Balaban J connectivity index is 1.69.